The zero-order valence-electron chi connectivity index (χ0n) is 11.5. The van der Waals surface area contributed by atoms with Crippen LogP contribution in [0.4, 0.5) is 5.69 Å². The van der Waals surface area contributed by atoms with Crippen LogP contribution in [0.1, 0.15) is 37.0 Å². The SMILES string of the molecule is Cc1cc(C)c(NC2CC(O)C2(C)C)c(C)c1. The predicted octanol–water partition coefficient (Wildman–Crippen LogP) is 3.18. The van der Waals surface area contributed by atoms with E-state index in [1.165, 1.54) is 22.4 Å². The lowest BCUT2D eigenvalue weighted by atomic mass is 9.64. The molecule has 94 valence electrons. The first kappa shape index (κ1) is 12.4. The summed E-state index contributed by atoms with van der Waals surface area (Å²) in [7, 11) is 0. The van der Waals surface area contributed by atoms with Gasteiger partial charge in [-0.25, -0.2) is 0 Å². The number of rotatable bonds is 2. The van der Waals surface area contributed by atoms with E-state index in [-0.39, 0.29) is 11.5 Å². The molecule has 2 N–H and O–H groups in total. The summed E-state index contributed by atoms with van der Waals surface area (Å²) in [6.45, 7) is 10.7. The Morgan fingerprint density at radius 3 is 2.12 bits per heavy atom. The topological polar surface area (TPSA) is 32.3 Å². The molecule has 1 aromatic rings. The van der Waals surface area contributed by atoms with Crippen LogP contribution in [0.5, 0.6) is 0 Å². The molecule has 2 heteroatoms. The van der Waals surface area contributed by atoms with E-state index in [0.717, 1.165) is 6.42 Å². The Kier molecular flexibility index (Phi) is 2.94. The Labute approximate surface area is 104 Å². The van der Waals surface area contributed by atoms with Gasteiger partial charge < -0.3 is 10.4 Å². The van der Waals surface area contributed by atoms with Gasteiger partial charge in [0.2, 0.25) is 0 Å². The standard InChI is InChI=1S/C15H23NO/c1-9-6-10(2)14(11(3)7-9)16-12-8-13(17)15(12,4)5/h6-7,12-13,16-17H,8H2,1-5H3. The number of aryl methyl sites for hydroxylation is 3. The second-order valence-corrected chi connectivity index (χ2v) is 6.04. The van der Waals surface area contributed by atoms with E-state index in [4.69, 9.17) is 0 Å². The van der Waals surface area contributed by atoms with Crippen molar-refractivity contribution < 1.29 is 5.11 Å². The summed E-state index contributed by atoms with van der Waals surface area (Å²) in [6.07, 6.45) is 0.672. The van der Waals surface area contributed by atoms with Gasteiger partial charge in [-0.2, -0.15) is 0 Å². The molecule has 2 unspecified atom stereocenters. The molecule has 0 heterocycles. The molecular weight excluding hydrogens is 210 g/mol. The van der Waals surface area contributed by atoms with E-state index >= 15 is 0 Å². The summed E-state index contributed by atoms with van der Waals surface area (Å²) in [5.74, 6) is 0. The summed E-state index contributed by atoms with van der Waals surface area (Å²) >= 11 is 0. The normalized spacial score (nSPS) is 26.5. The lowest BCUT2D eigenvalue weighted by molar-refractivity contribution is -0.0510. The maximum absolute atomic E-state index is 9.77. The number of hydrogen-bond donors (Lipinski definition) is 2. The molecule has 0 aliphatic heterocycles. The molecule has 2 rings (SSSR count). The maximum atomic E-state index is 9.77. The number of hydrogen-bond acceptors (Lipinski definition) is 2. The first-order valence-corrected chi connectivity index (χ1v) is 6.35. The molecule has 17 heavy (non-hydrogen) atoms. The summed E-state index contributed by atoms with van der Waals surface area (Å²) in [4.78, 5) is 0. The minimum Gasteiger partial charge on any atom is -0.392 e. The van der Waals surface area contributed by atoms with E-state index < -0.39 is 0 Å². The quantitative estimate of drug-likeness (QED) is 0.822. The van der Waals surface area contributed by atoms with Gasteiger partial charge in [0.15, 0.2) is 0 Å². The van der Waals surface area contributed by atoms with Gasteiger partial charge in [-0.3, -0.25) is 0 Å². The summed E-state index contributed by atoms with van der Waals surface area (Å²) in [5.41, 5.74) is 5.10. The second-order valence-electron chi connectivity index (χ2n) is 6.04. The van der Waals surface area contributed by atoms with E-state index in [0.29, 0.717) is 6.04 Å². The largest absolute Gasteiger partial charge is 0.392 e. The number of benzene rings is 1. The molecule has 0 amide bonds. The van der Waals surface area contributed by atoms with Crippen LogP contribution in [0.15, 0.2) is 12.1 Å². The van der Waals surface area contributed by atoms with Crippen molar-refractivity contribution in [2.24, 2.45) is 5.41 Å². The van der Waals surface area contributed by atoms with Crippen LogP contribution in [0, 0.1) is 26.2 Å². The molecule has 2 nitrogen and oxygen atoms in total. The van der Waals surface area contributed by atoms with Crippen molar-refractivity contribution in [1.82, 2.24) is 0 Å². The van der Waals surface area contributed by atoms with Crippen LogP contribution in [0.2, 0.25) is 0 Å². The Morgan fingerprint density at radius 1 is 1.18 bits per heavy atom. The average Bonchev–Trinajstić information content (AvgIpc) is 2.21. The van der Waals surface area contributed by atoms with Crippen molar-refractivity contribution >= 4 is 5.69 Å². The molecule has 0 bridgehead atoms. The highest BCUT2D eigenvalue weighted by Crippen LogP contribution is 2.43. The zero-order chi connectivity index (χ0) is 12.8. The van der Waals surface area contributed by atoms with Gasteiger partial charge in [0, 0.05) is 17.1 Å². The van der Waals surface area contributed by atoms with Crippen molar-refractivity contribution in [3.63, 3.8) is 0 Å². The van der Waals surface area contributed by atoms with Gasteiger partial charge >= 0.3 is 0 Å². The molecule has 1 aromatic carbocycles. The number of aliphatic hydroxyl groups is 1. The van der Waals surface area contributed by atoms with Gasteiger partial charge in [-0.05, 0) is 38.3 Å². The Balaban J connectivity index is 2.21. The van der Waals surface area contributed by atoms with Crippen molar-refractivity contribution in [2.45, 2.75) is 53.2 Å². The molecule has 0 radical (unpaired) electrons. The monoisotopic (exact) mass is 233 g/mol. The predicted molar refractivity (Wildman–Crippen MR) is 72.5 cm³/mol. The Hall–Kier alpha value is -1.02. The van der Waals surface area contributed by atoms with Crippen molar-refractivity contribution in [2.75, 3.05) is 5.32 Å². The molecular formula is C15H23NO. The van der Waals surface area contributed by atoms with Crippen LogP contribution in [-0.2, 0) is 0 Å². The minimum atomic E-state index is -0.175. The van der Waals surface area contributed by atoms with Crippen LogP contribution in [-0.4, -0.2) is 17.3 Å². The molecule has 1 saturated carbocycles. The highest BCUT2D eigenvalue weighted by molar-refractivity contribution is 5.59. The summed E-state index contributed by atoms with van der Waals surface area (Å²) < 4.78 is 0. The number of anilines is 1. The average molecular weight is 233 g/mol. The third-order valence-electron chi connectivity index (χ3n) is 4.21. The van der Waals surface area contributed by atoms with Gasteiger partial charge in [-0.1, -0.05) is 31.5 Å². The number of aliphatic hydroxyl groups excluding tert-OH is 1. The summed E-state index contributed by atoms with van der Waals surface area (Å²) in [5, 5.41) is 13.4. The zero-order valence-corrected chi connectivity index (χ0v) is 11.5. The lowest BCUT2D eigenvalue weighted by Crippen LogP contribution is -2.57. The van der Waals surface area contributed by atoms with E-state index in [1.54, 1.807) is 0 Å². The van der Waals surface area contributed by atoms with Crippen LogP contribution >= 0.6 is 0 Å². The molecule has 1 fully saturated rings. The van der Waals surface area contributed by atoms with Crippen LogP contribution in [0.3, 0.4) is 0 Å². The molecule has 0 spiro atoms. The maximum Gasteiger partial charge on any atom is 0.0630 e. The highest BCUT2D eigenvalue weighted by Gasteiger charge is 2.47. The molecule has 1 aliphatic carbocycles. The minimum absolute atomic E-state index is 0.0240. The number of nitrogens with one attached hydrogen (secondary N) is 1. The fourth-order valence-corrected chi connectivity index (χ4v) is 2.73. The Bertz CT molecular complexity index is 414. The van der Waals surface area contributed by atoms with E-state index in [2.05, 4.69) is 52.1 Å². The molecule has 2 atom stereocenters. The first-order valence-electron chi connectivity index (χ1n) is 6.35. The van der Waals surface area contributed by atoms with Crippen molar-refractivity contribution in [3.05, 3.63) is 28.8 Å². The highest BCUT2D eigenvalue weighted by atomic mass is 16.3. The fraction of sp³-hybridized carbons (Fsp3) is 0.600. The third kappa shape index (κ3) is 2.06. The smallest absolute Gasteiger partial charge is 0.0630 e. The van der Waals surface area contributed by atoms with Crippen molar-refractivity contribution in [1.29, 1.82) is 0 Å². The van der Waals surface area contributed by atoms with Gasteiger partial charge in [-0.15, -0.1) is 0 Å². The van der Waals surface area contributed by atoms with Crippen molar-refractivity contribution in [3.8, 4) is 0 Å². The lowest BCUT2D eigenvalue weighted by Gasteiger charge is -2.50. The van der Waals surface area contributed by atoms with Crippen LogP contribution in [0.25, 0.3) is 0 Å². The second kappa shape index (κ2) is 4.02. The fourth-order valence-electron chi connectivity index (χ4n) is 2.73. The van der Waals surface area contributed by atoms with Gasteiger partial charge in [0.05, 0.1) is 6.10 Å². The Morgan fingerprint density at radius 2 is 1.71 bits per heavy atom. The van der Waals surface area contributed by atoms with Crippen LogP contribution < -0.4 is 5.32 Å². The molecule has 0 saturated heterocycles. The molecule has 0 aromatic heterocycles. The van der Waals surface area contributed by atoms with E-state index in [9.17, 15) is 5.11 Å². The van der Waals surface area contributed by atoms with E-state index in [1.807, 2.05) is 0 Å². The van der Waals surface area contributed by atoms with Gasteiger partial charge in [0.25, 0.3) is 0 Å². The first-order chi connectivity index (χ1) is 7.82. The van der Waals surface area contributed by atoms with Gasteiger partial charge in [0.1, 0.15) is 0 Å². The third-order valence-corrected chi connectivity index (χ3v) is 4.21. The molecule has 1 aliphatic rings. The summed E-state index contributed by atoms with van der Waals surface area (Å²) in [6, 6.07) is 4.78.